The van der Waals surface area contributed by atoms with E-state index in [1.165, 1.54) is 6.08 Å². The number of phenols is 1. The largest absolute Gasteiger partial charge is 0.504 e. The van der Waals surface area contributed by atoms with Crippen molar-refractivity contribution < 1.29 is 24.2 Å². The number of aromatic hydroxyl groups is 1. The van der Waals surface area contributed by atoms with Crippen molar-refractivity contribution in [2.75, 3.05) is 20.1 Å². The number of benzene rings is 1. The van der Waals surface area contributed by atoms with Gasteiger partial charge in [-0.15, -0.1) is 6.58 Å². The average molecular weight is 477 g/mol. The molecule has 0 unspecified atom stereocenters. The Hall–Kier alpha value is -3.03. The number of likely N-dealkylation sites (N-methyl/N-ethyl adjacent to an activating group) is 1. The van der Waals surface area contributed by atoms with Crippen molar-refractivity contribution in [1.29, 1.82) is 0 Å². The van der Waals surface area contributed by atoms with Crippen LogP contribution in [0.3, 0.4) is 0 Å². The van der Waals surface area contributed by atoms with E-state index in [1.807, 2.05) is 31.2 Å². The molecule has 2 aliphatic heterocycles. The van der Waals surface area contributed by atoms with Crippen LogP contribution in [-0.4, -0.2) is 69.8 Å². The lowest BCUT2D eigenvalue weighted by Crippen LogP contribution is -2.78. The van der Waals surface area contributed by atoms with E-state index in [-0.39, 0.29) is 23.7 Å². The predicted octanol–water partition coefficient (Wildman–Crippen LogP) is 3.17. The number of aryl methyl sites for hydroxylation is 1. The zero-order valence-corrected chi connectivity index (χ0v) is 20.2. The van der Waals surface area contributed by atoms with Crippen molar-refractivity contribution >= 4 is 12.0 Å². The first kappa shape index (κ1) is 22.4. The molecule has 2 bridgehead atoms. The number of carbonyl (C=O) groups excluding carboxylic acids is 1. The van der Waals surface area contributed by atoms with Crippen LogP contribution in [0.4, 0.5) is 0 Å². The second-order valence-electron chi connectivity index (χ2n) is 10.5. The van der Waals surface area contributed by atoms with Gasteiger partial charge in [0.25, 0.3) is 0 Å². The number of piperidine rings is 1. The minimum atomic E-state index is -1.01. The van der Waals surface area contributed by atoms with Crippen molar-refractivity contribution in [3.05, 3.63) is 65.6 Å². The van der Waals surface area contributed by atoms with Crippen LogP contribution in [0, 0.1) is 6.92 Å². The Balaban J connectivity index is 1.39. The summed E-state index contributed by atoms with van der Waals surface area (Å²) in [6, 6.07) is 7.05. The molecule has 4 aliphatic rings. The lowest BCUT2D eigenvalue weighted by molar-refractivity contribution is -0.198. The second-order valence-corrected chi connectivity index (χ2v) is 10.5. The molecule has 6 rings (SSSR count). The maximum Gasteiger partial charge on any atom is 0.246 e. The molecule has 5 atom stereocenters. The van der Waals surface area contributed by atoms with E-state index in [0.717, 1.165) is 23.4 Å². The van der Waals surface area contributed by atoms with Gasteiger partial charge in [0.1, 0.15) is 17.6 Å². The maximum absolute atomic E-state index is 13.2. The Kier molecular flexibility index (Phi) is 4.96. The summed E-state index contributed by atoms with van der Waals surface area (Å²) in [5.41, 5.74) is 0.390. The molecule has 35 heavy (non-hydrogen) atoms. The molecule has 1 aromatic carbocycles. The van der Waals surface area contributed by atoms with Crippen LogP contribution in [0.1, 0.15) is 41.9 Å². The number of likely N-dealkylation sites (tertiary alicyclic amines) is 1. The fourth-order valence-electron chi connectivity index (χ4n) is 7.36. The van der Waals surface area contributed by atoms with E-state index >= 15 is 0 Å². The third-order valence-electron chi connectivity index (χ3n) is 8.90. The first-order valence-corrected chi connectivity index (χ1v) is 12.4. The predicted molar refractivity (Wildman–Crippen MR) is 131 cm³/mol. The van der Waals surface area contributed by atoms with Gasteiger partial charge in [-0.1, -0.05) is 12.1 Å². The molecule has 184 valence electrons. The van der Waals surface area contributed by atoms with Crippen molar-refractivity contribution in [2.24, 2.45) is 0 Å². The molecule has 1 saturated heterocycles. The van der Waals surface area contributed by atoms with Gasteiger partial charge < -0.3 is 24.3 Å². The number of nitrogens with zero attached hydrogens (tertiary/aromatic N) is 2. The number of aliphatic hydroxyl groups is 1. The molecule has 1 spiro atoms. The molecular formula is C28H32N2O5. The number of hydrogen-bond donors (Lipinski definition) is 2. The number of rotatable bonds is 5. The monoisotopic (exact) mass is 476 g/mol. The minimum absolute atomic E-state index is 0.0626. The van der Waals surface area contributed by atoms with Crippen LogP contribution in [-0.2, 0) is 16.6 Å². The first-order chi connectivity index (χ1) is 16.8. The summed E-state index contributed by atoms with van der Waals surface area (Å²) in [5, 5.41) is 23.2. The first-order valence-electron chi connectivity index (χ1n) is 12.4. The van der Waals surface area contributed by atoms with Crippen molar-refractivity contribution in [3.8, 4) is 11.5 Å². The van der Waals surface area contributed by atoms with Crippen LogP contribution in [0.2, 0.25) is 0 Å². The van der Waals surface area contributed by atoms with Gasteiger partial charge in [0.2, 0.25) is 5.91 Å². The van der Waals surface area contributed by atoms with Gasteiger partial charge in [-0.25, -0.2) is 0 Å². The van der Waals surface area contributed by atoms with Gasteiger partial charge in [0.05, 0.1) is 17.1 Å². The van der Waals surface area contributed by atoms with Crippen LogP contribution < -0.4 is 4.74 Å². The molecule has 2 aliphatic carbocycles. The van der Waals surface area contributed by atoms with E-state index in [2.05, 4.69) is 11.5 Å². The van der Waals surface area contributed by atoms with Crippen LogP contribution in [0.25, 0.3) is 6.08 Å². The summed E-state index contributed by atoms with van der Waals surface area (Å²) >= 11 is 0. The van der Waals surface area contributed by atoms with Gasteiger partial charge in [0.15, 0.2) is 11.5 Å². The quantitative estimate of drug-likeness (QED) is 0.509. The Morgan fingerprint density at radius 3 is 2.89 bits per heavy atom. The zero-order chi connectivity index (χ0) is 24.5. The molecule has 2 N–H and O–H groups in total. The number of carbonyl (C=O) groups is 1. The summed E-state index contributed by atoms with van der Waals surface area (Å²) in [5.74, 6) is 1.85. The van der Waals surface area contributed by atoms with E-state index in [0.29, 0.717) is 43.7 Å². The minimum Gasteiger partial charge on any atom is -0.504 e. The molecule has 2 aromatic rings. The molecular weight excluding hydrogens is 444 g/mol. The van der Waals surface area contributed by atoms with Gasteiger partial charge in [0, 0.05) is 31.3 Å². The third kappa shape index (κ3) is 2.94. The SMILES string of the molecule is C=CCN1CC[C@]23c4c5ccc(O)c4O[C@H]2[C@@H](N(C)C(=O)/C=C/c2ccc(C)o2)CC[C@@]3(O)[C@H]1C5. The highest BCUT2D eigenvalue weighted by Gasteiger charge is 2.73. The molecule has 0 radical (unpaired) electrons. The Labute approximate surface area is 205 Å². The lowest BCUT2D eigenvalue weighted by atomic mass is 9.48. The lowest BCUT2D eigenvalue weighted by Gasteiger charge is -2.64. The van der Waals surface area contributed by atoms with Crippen LogP contribution in [0.5, 0.6) is 11.5 Å². The topological polar surface area (TPSA) is 86.4 Å². The number of phenolic OH excluding ortho intramolecular Hbond substituents is 1. The smallest absolute Gasteiger partial charge is 0.246 e. The third-order valence-corrected chi connectivity index (χ3v) is 8.90. The normalized spacial score (nSPS) is 32.8. The number of furan rings is 1. The van der Waals surface area contributed by atoms with E-state index in [4.69, 9.17) is 9.15 Å². The number of hydrogen-bond acceptors (Lipinski definition) is 6. The summed E-state index contributed by atoms with van der Waals surface area (Å²) in [6.45, 7) is 7.31. The number of amides is 1. The molecule has 7 nitrogen and oxygen atoms in total. The molecule has 3 heterocycles. The maximum atomic E-state index is 13.2. The van der Waals surface area contributed by atoms with E-state index in [9.17, 15) is 15.0 Å². The highest BCUT2D eigenvalue weighted by atomic mass is 16.5. The molecule has 1 saturated carbocycles. The Bertz CT molecular complexity index is 1230. The summed E-state index contributed by atoms with van der Waals surface area (Å²) in [4.78, 5) is 17.3. The average Bonchev–Trinajstić information content (AvgIpc) is 3.41. The van der Waals surface area contributed by atoms with Gasteiger partial charge >= 0.3 is 0 Å². The highest BCUT2D eigenvalue weighted by molar-refractivity contribution is 5.91. The zero-order valence-electron chi connectivity index (χ0n) is 20.2. The summed E-state index contributed by atoms with van der Waals surface area (Å²) in [6.07, 6.45) is 7.24. The van der Waals surface area contributed by atoms with Gasteiger partial charge in [-0.2, -0.15) is 0 Å². The fraction of sp³-hybridized carbons (Fsp3) is 0.464. The Morgan fingerprint density at radius 2 is 2.14 bits per heavy atom. The fourth-order valence-corrected chi connectivity index (χ4v) is 7.36. The number of ether oxygens (including phenoxy) is 1. The highest BCUT2D eigenvalue weighted by Crippen LogP contribution is 2.65. The second kappa shape index (κ2) is 7.73. The van der Waals surface area contributed by atoms with Crippen molar-refractivity contribution in [1.82, 2.24) is 9.80 Å². The van der Waals surface area contributed by atoms with Crippen molar-refractivity contribution in [2.45, 2.75) is 61.8 Å². The molecule has 7 heteroatoms. The van der Waals surface area contributed by atoms with Crippen molar-refractivity contribution in [3.63, 3.8) is 0 Å². The van der Waals surface area contributed by atoms with E-state index < -0.39 is 17.1 Å². The van der Waals surface area contributed by atoms with Gasteiger partial charge in [-0.05, 0) is 69.0 Å². The molecule has 1 amide bonds. The van der Waals surface area contributed by atoms with E-state index in [1.54, 1.807) is 24.1 Å². The summed E-state index contributed by atoms with van der Waals surface area (Å²) < 4.78 is 12.1. The van der Waals surface area contributed by atoms with Crippen LogP contribution >= 0.6 is 0 Å². The Morgan fingerprint density at radius 1 is 1.31 bits per heavy atom. The van der Waals surface area contributed by atoms with Gasteiger partial charge in [-0.3, -0.25) is 9.69 Å². The molecule has 1 aromatic heterocycles. The van der Waals surface area contributed by atoms with Crippen LogP contribution in [0.15, 0.2) is 47.4 Å². The molecule has 2 fully saturated rings. The summed E-state index contributed by atoms with van der Waals surface area (Å²) in [7, 11) is 1.80. The standard InChI is InChI=1S/C28H32N2O5/c1-4-14-30-15-13-27-24-18-6-9-21(31)25(24)35-26(27)20(11-12-28(27,33)22(30)16-18)29(3)23(32)10-8-19-7-5-17(2)34-19/h4-10,20,22,26,31,33H,1,11-16H2,2-3H3/b10-8+/t20-,22+,26-,27-,28+/m0/s1.